The Morgan fingerprint density at radius 3 is 2.83 bits per heavy atom. The van der Waals surface area contributed by atoms with Crippen LogP contribution in [0.2, 0.25) is 0 Å². The maximum atomic E-state index is 5.63. The van der Waals surface area contributed by atoms with Crippen LogP contribution in [0.4, 0.5) is 0 Å². The van der Waals surface area contributed by atoms with Gasteiger partial charge in [0.25, 0.3) is 0 Å². The molecule has 0 radical (unpaired) electrons. The Morgan fingerprint density at radius 1 is 1.33 bits per heavy atom. The Kier molecular flexibility index (Phi) is 3.00. The molecule has 0 aliphatic heterocycles. The minimum atomic E-state index is 0.697. The van der Waals surface area contributed by atoms with Crippen LogP contribution in [0.3, 0.4) is 0 Å². The second kappa shape index (κ2) is 4.65. The minimum Gasteiger partial charge on any atom is -0.497 e. The quantitative estimate of drug-likeness (QED) is 0.878. The summed E-state index contributed by atoms with van der Waals surface area (Å²) in [7, 11) is 1.72. The molecule has 3 heteroatoms. The van der Waals surface area contributed by atoms with Crippen molar-refractivity contribution >= 4 is 10.9 Å². The molecule has 0 spiro atoms. The van der Waals surface area contributed by atoms with E-state index in [-0.39, 0.29) is 0 Å². The lowest BCUT2D eigenvalue weighted by Crippen LogP contribution is -2.05. The van der Waals surface area contributed by atoms with E-state index in [1.807, 2.05) is 6.07 Å². The van der Waals surface area contributed by atoms with Gasteiger partial charge in [0.1, 0.15) is 5.75 Å². The molecule has 1 fully saturated rings. The van der Waals surface area contributed by atoms with Crippen molar-refractivity contribution in [2.45, 2.75) is 31.7 Å². The summed E-state index contributed by atoms with van der Waals surface area (Å²) >= 11 is 0. The summed E-state index contributed by atoms with van der Waals surface area (Å²) in [4.78, 5) is 0. The van der Waals surface area contributed by atoms with Crippen LogP contribution in [0, 0.1) is 0 Å². The Labute approximate surface area is 108 Å². The van der Waals surface area contributed by atoms with E-state index in [2.05, 4.69) is 22.8 Å². The van der Waals surface area contributed by atoms with Gasteiger partial charge in [-0.1, -0.05) is 0 Å². The second-order valence-electron chi connectivity index (χ2n) is 5.05. The summed E-state index contributed by atoms with van der Waals surface area (Å²) in [5.41, 5.74) is 8.36. The summed E-state index contributed by atoms with van der Waals surface area (Å²) in [6, 6.07) is 9.34. The van der Waals surface area contributed by atoms with Crippen LogP contribution in [-0.4, -0.2) is 18.2 Å². The summed E-state index contributed by atoms with van der Waals surface area (Å²) in [6.45, 7) is 0.759. The molecule has 1 saturated carbocycles. The van der Waals surface area contributed by atoms with E-state index < -0.39 is 0 Å². The van der Waals surface area contributed by atoms with Gasteiger partial charge >= 0.3 is 0 Å². The number of nitrogens with two attached hydrogens (primary N) is 1. The van der Waals surface area contributed by atoms with Crippen molar-refractivity contribution in [3.8, 4) is 5.75 Å². The molecule has 0 atom stereocenters. The zero-order chi connectivity index (χ0) is 12.5. The molecule has 1 aromatic carbocycles. The monoisotopic (exact) mass is 244 g/mol. The van der Waals surface area contributed by atoms with E-state index in [0.717, 1.165) is 25.1 Å². The van der Waals surface area contributed by atoms with Gasteiger partial charge in [-0.3, -0.25) is 0 Å². The molecule has 1 heterocycles. The molecule has 0 saturated heterocycles. The van der Waals surface area contributed by atoms with Crippen LogP contribution in [0.15, 0.2) is 24.3 Å². The highest BCUT2D eigenvalue weighted by atomic mass is 16.5. The van der Waals surface area contributed by atoms with Crippen LogP contribution >= 0.6 is 0 Å². The van der Waals surface area contributed by atoms with Gasteiger partial charge in [0.15, 0.2) is 0 Å². The first kappa shape index (κ1) is 11.6. The first-order chi connectivity index (χ1) is 8.83. The second-order valence-corrected chi connectivity index (χ2v) is 5.05. The van der Waals surface area contributed by atoms with Crippen molar-refractivity contribution in [3.05, 3.63) is 30.0 Å². The minimum absolute atomic E-state index is 0.697. The topological polar surface area (TPSA) is 40.2 Å². The summed E-state index contributed by atoms with van der Waals surface area (Å²) in [5, 5.41) is 1.31. The zero-order valence-electron chi connectivity index (χ0n) is 10.9. The smallest absolute Gasteiger partial charge is 0.120 e. The van der Waals surface area contributed by atoms with Gasteiger partial charge in [-0.05, 0) is 50.4 Å². The molecule has 0 amide bonds. The van der Waals surface area contributed by atoms with Gasteiger partial charge in [-0.2, -0.15) is 0 Å². The predicted octanol–water partition coefficient (Wildman–Crippen LogP) is 2.88. The highest BCUT2D eigenvalue weighted by molar-refractivity contribution is 5.83. The van der Waals surface area contributed by atoms with E-state index in [1.54, 1.807) is 7.11 Å². The standard InChI is InChI=1S/C15H20N2O/c1-18-14-7-4-11-9-13(3-2-8-16)17(12-5-6-12)15(11)10-14/h4,7,9-10,12H,2-3,5-6,8,16H2,1H3. The number of aromatic nitrogens is 1. The van der Waals surface area contributed by atoms with E-state index >= 15 is 0 Å². The number of nitrogens with zero attached hydrogens (tertiary/aromatic N) is 1. The molecule has 0 unspecified atom stereocenters. The van der Waals surface area contributed by atoms with Gasteiger partial charge in [0, 0.05) is 23.2 Å². The van der Waals surface area contributed by atoms with Crippen molar-refractivity contribution in [2.75, 3.05) is 13.7 Å². The predicted molar refractivity (Wildman–Crippen MR) is 74.1 cm³/mol. The first-order valence-corrected chi connectivity index (χ1v) is 6.71. The fraction of sp³-hybridized carbons (Fsp3) is 0.467. The number of hydrogen-bond acceptors (Lipinski definition) is 2. The van der Waals surface area contributed by atoms with E-state index in [9.17, 15) is 0 Å². The number of fused-ring (bicyclic) bond motifs is 1. The molecule has 1 aromatic heterocycles. The molecule has 2 N–H and O–H groups in total. The van der Waals surface area contributed by atoms with Gasteiger partial charge in [-0.25, -0.2) is 0 Å². The molecular formula is C15H20N2O. The lowest BCUT2D eigenvalue weighted by molar-refractivity contribution is 0.415. The van der Waals surface area contributed by atoms with E-state index in [4.69, 9.17) is 10.5 Å². The highest BCUT2D eigenvalue weighted by Crippen LogP contribution is 2.40. The third-order valence-corrected chi connectivity index (χ3v) is 3.68. The molecule has 96 valence electrons. The largest absolute Gasteiger partial charge is 0.497 e. The number of methoxy groups -OCH3 is 1. The normalized spacial score (nSPS) is 15.2. The van der Waals surface area contributed by atoms with Crippen molar-refractivity contribution < 1.29 is 4.74 Å². The molecule has 2 aromatic rings. The van der Waals surface area contributed by atoms with Gasteiger partial charge in [0.2, 0.25) is 0 Å². The SMILES string of the molecule is COc1ccc2cc(CCCN)n(C3CC3)c2c1. The lowest BCUT2D eigenvalue weighted by Gasteiger charge is -2.09. The van der Waals surface area contributed by atoms with Gasteiger partial charge in [-0.15, -0.1) is 0 Å². The lowest BCUT2D eigenvalue weighted by atomic mass is 10.2. The number of aryl methyl sites for hydroxylation is 1. The fourth-order valence-corrected chi connectivity index (χ4v) is 2.62. The maximum Gasteiger partial charge on any atom is 0.120 e. The third-order valence-electron chi connectivity index (χ3n) is 3.68. The number of rotatable bonds is 5. The van der Waals surface area contributed by atoms with Crippen molar-refractivity contribution in [1.82, 2.24) is 4.57 Å². The summed E-state index contributed by atoms with van der Waals surface area (Å²) < 4.78 is 7.83. The Bertz CT molecular complexity index is 555. The third kappa shape index (κ3) is 1.99. The highest BCUT2D eigenvalue weighted by Gasteiger charge is 2.27. The summed E-state index contributed by atoms with van der Waals surface area (Å²) in [5.74, 6) is 0.938. The fourth-order valence-electron chi connectivity index (χ4n) is 2.62. The molecule has 1 aliphatic rings. The van der Waals surface area contributed by atoms with E-state index in [0.29, 0.717) is 6.04 Å². The van der Waals surface area contributed by atoms with Crippen LogP contribution in [-0.2, 0) is 6.42 Å². The Hall–Kier alpha value is -1.48. The molecule has 3 nitrogen and oxygen atoms in total. The Morgan fingerprint density at radius 2 is 2.17 bits per heavy atom. The van der Waals surface area contributed by atoms with Gasteiger partial charge < -0.3 is 15.0 Å². The number of hydrogen-bond donors (Lipinski definition) is 1. The number of ether oxygens (including phenoxy) is 1. The average Bonchev–Trinajstić information content (AvgIpc) is 3.16. The van der Waals surface area contributed by atoms with Crippen LogP contribution in [0.25, 0.3) is 10.9 Å². The molecule has 18 heavy (non-hydrogen) atoms. The van der Waals surface area contributed by atoms with E-state index in [1.165, 1.54) is 29.4 Å². The molecular weight excluding hydrogens is 224 g/mol. The van der Waals surface area contributed by atoms with Crippen molar-refractivity contribution in [3.63, 3.8) is 0 Å². The van der Waals surface area contributed by atoms with Crippen molar-refractivity contribution in [2.24, 2.45) is 5.73 Å². The Balaban J connectivity index is 2.08. The van der Waals surface area contributed by atoms with Crippen molar-refractivity contribution in [1.29, 1.82) is 0 Å². The summed E-state index contributed by atoms with van der Waals surface area (Å²) in [6.07, 6.45) is 4.73. The van der Waals surface area contributed by atoms with Crippen LogP contribution < -0.4 is 10.5 Å². The number of benzene rings is 1. The zero-order valence-corrected chi connectivity index (χ0v) is 10.9. The molecule has 3 rings (SSSR count). The van der Waals surface area contributed by atoms with Gasteiger partial charge in [0.05, 0.1) is 12.6 Å². The maximum absolute atomic E-state index is 5.63. The average molecular weight is 244 g/mol. The van der Waals surface area contributed by atoms with Crippen LogP contribution in [0.5, 0.6) is 5.75 Å². The molecule has 0 bridgehead atoms. The first-order valence-electron chi connectivity index (χ1n) is 6.71. The molecule has 1 aliphatic carbocycles. The van der Waals surface area contributed by atoms with Crippen LogP contribution in [0.1, 0.15) is 31.0 Å².